The normalized spacial score (nSPS) is 16.4. The monoisotopic (exact) mass is 326 g/mol. The lowest BCUT2D eigenvalue weighted by molar-refractivity contribution is 0.244. The number of hydrogen-bond acceptors (Lipinski definition) is 5. The van der Waals surface area contributed by atoms with E-state index in [1.54, 1.807) is 24.9 Å². The first-order valence-electron chi connectivity index (χ1n) is 6.83. The Kier molecular flexibility index (Phi) is 4.57. The lowest BCUT2D eigenvalue weighted by Crippen LogP contribution is -2.47. The molecular formula is C13H16Cl2N6. The van der Waals surface area contributed by atoms with Crippen LogP contribution in [0.1, 0.15) is 0 Å². The van der Waals surface area contributed by atoms with Crippen molar-refractivity contribution in [1.82, 2.24) is 24.6 Å². The van der Waals surface area contributed by atoms with Gasteiger partial charge in [0.2, 0.25) is 0 Å². The van der Waals surface area contributed by atoms with Crippen molar-refractivity contribution < 1.29 is 0 Å². The van der Waals surface area contributed by atoms with Crippen LogP contribution in [-0.2, 0) is 6.54 Å². The number of piperazine rings is 1. The van der Waals surface area contributed by atoms with Gasteiger partial charge in [-0.3, -0.25) is 9.58 Å². The highest BCUT2D eigenvalue weighted by Crippen LogP contribution is 2.26. The average Bonchev–Trinajstić information content (AvgIpc) is 2.99. The predicted molar refractivity (Wildman–Crippen MR) is 82.9 cm³/mol. The van der Waals surface area contributed by atoms with E-state index in [-0.39, 0.29) is 0 Å². The highest BCUT2D eigenvalue weighted by molar-refractivity contribution is 6.36. The maximum Gasteiger partial charge on any atom is 0.147 e. The number of hydrogen-bond donors (Lipinski definition) is 0. The maximum atomic E-state index is 6.21. The molecule has 0 bridgehead atoms. The molecule has 1 saturated heterocycles. The molecule has 0 unspecified atom stereocenters. The van der Waals surface area contributed by atoms with Crippen molar-refractivity contribution in [3.05, 3.63) is 35.0 Å². The molecule has 0 radical (unpaired) electrons. The molecule has 0 atom stereocenters. The van der Waals surface area contributed by atoms with E-state index in [1.807, 2.05) is 4.68 Å². The molecule has 112 valence electrons. The van der Waals surface area contributed by atoms with Crippen molar-refractivity contribution >= 4 is 29.0 Å². The molecule has 2 aromatic heterocycles. The average molecular weight is 327 g/mol. The topological polar surface area (TPSA) is 50.1 Å². The van der Waals surface area contributed by atoms with Crippen LogP contribution in [0, 0.1) is 0 Å². The summed E-state index contributed by atoms with van der Waals surface area (Å²) in [7, 11) is 0. The van der Waals surface area contributed by atoms with Gasteiger partial charge in [0.05, 0.1) is 16.6 Å². The molecule has 3 rings (SSSR count). The third-order valence-electron chi connectivity index (χ3n) is 3.57. The van der Waals surface area contributed by atoms with E-state index in [0.29, 0.717) is 10.0 Å². The smallest absolute Gasteiger partial charge is 0.147 e. The van der Waals surface area contributed by atoms with Crippen LogP contribution in [0.2, 0.25) is 10.0 Å². The molecule has 0 spiro atoms. The molecule has 21 heavy (non-hydrogen) atoms. The fourth-order valence-corrected chi connectivity index (χ4v) is 2.92. The largest absolute Gasteiger partial charge is 0.353 e. The fraction of sp³-hybridized carbons (Fsp3) is 0.462. The van der Waals surface area contributed by atoms with Gasteiger partial charge in [-0.15, -0.1) is 0 Å². The van der Waals surface area contributed by atoms with Crippen molar-refractivity contribution in [2.75, 3.05) is 37.6 Å². The molecule has 1 aliphatic heterocycles. The maximum absolute atomic E-state index is 6.21. The van der Waals surface area contributed by atoms with Crippen LogP contribution >= 0.6 is 23.2 Å². The van der Waals surface area contributed by atoms with E-state index in [4.69, 9.17) is 23.2 Å². The van der Waals surface area contributed by atoms with Crippen LogP contribution in [0.5, 0.6) is 0 Å². The molecule has 0 aromatic carbocycles. The van der Waals surface area contributed by atoms with Crippen LogP contribution in [0.4, 0.5) is 5.82 Å². The van der Waals surface area contributed by atoms with Crippen molar-refractivity contribution in [2.24, 2.45) is 0 Å². The summed E-state index contributed by atoms with van der Waals surface area (Å²) in [5, 5.41) is 5.29. The predicted octanol–water partition coefficient (Wildman–Crippen LogP) is 1.80. The molecule has 1 aliphatic rings. The summed E-state index contributed by atoms with van der Waals surface area (Å²) < 4.78 is 1.85. The first kappa shape index (κ1) is 14.6. The summed E-state index contributed by atoms with van der Waals surface area (Å²) in [6.07, 6.45) is 4.94. The fourth-order valence-electron chi connectivity index (χ4n) is 2.42. The number of nitrogens with zero attached hydrogens (tertiary/aromatic N) is 6. The van der Waals surface area contributed by atoms with Crippen molar-refractivity contribution in [2.45, 2.75) is 6.54 Å². The van der Waals surface area contributed by atoms with Gasteiger partial charge in [-0.1, -0.05) is 23.2 Å². The summed E-state index contributed by atoms with van der Waals surface area (Å²) in [4.78, 5) is 12.9. The van der Waals surface area contributed by atoms with Gasteiger partial charge in [-0.05, 0) is 6.07 Å². The molecule has 0 N–H and O–H groups in total. The van der Waals surface area contributed by atoms with E-state index in [1.165, 1.54) is 0 Å². The van der Waals surface area contributed by atoms with E-state index >= 15 is 0 Å². The second-order valence-electron chi connectivity index (χ2n) is 4.95. The third-order valence-corrected chi connectivity index (χ3v) is 4.06. The van der Waals surface area contributed by atoms with Crippen LogP contribution in [-0.4, -0.2) is 57.4 Å². The van der Waals surface area contributed by atoms with Gasteiger partial charge >= 0.3 is 0 Å². The second kappa shape index (κ2) is 6.60. The first-order valence-corrected chi connectivity index (χ1v) is 7.59. The molecular weight excluding hydrogens is 311 g/mol. The van der Waals surface area contributed by atoms with Crippen molar-refractivity contribution in [3.63, 3.8) is 0 Å². The zero-order chi connectivity index (χ0) is 14.7. The Hall–Kier alpha value is -1.37. The summed E-state index contributed by atoms with van der Waals surface area (Å²) >= 11 is 12.1. The highest BCUT2D eigenvalue weighted by Gasteiger charge is 2.19. The van der Waals surface area contributed by atoms with Gasteiger partial charge in [0.15, 0.2) is 0 Å². The molecule has 1 fully saturated rings. The Morgan fingerprint density at radius 2 is 1.90 bits per heavy atom. The van der Waals surface area contributed by atoms with Crippen molar-refractivity contribution in [3.8, 4) is 0 Å². The Morgan fingerprint density at radius 3 is 2.57 bits per heavy atom. The van der Waals surface area contributed by atoms with Crippen molar-refractivity contribution in [1.29, 1.82) is 0 Å². The molecule has 0 amide bonds. The lowest BCUT2D eigenvalue weighted by atomic mass is 10.3. The van der Waals surface area contributed by atoms with Crippen LogP contribution < -0.4 is 4.90 Å². The zero-order valence-corrected chi connectivity index (χ0v) is 13.0. The SMILES string of the molecule is Clc1cnc(N2CCN(CCn3cncn3)CC2)c(Cl)c1. The number of pyridine rings is 1. The zero-order valence-electron chi connectivity index (χ0n) is 11.5. The van der Waals surface area contributed by atoms with E-state index in [2.05, 4.69) is 24.9 Å². The van der Waals surface area contributed by atoms with Crippen LogP contribution in [0.25, 0.3) is 0 Å². The quantitative estimate of drug-likeness (QED) is 0.857. The van der Waals surface area contributed by atoms with Gasteiger partial charge in [-0.2, -0.15) is 5.10 Å². The summed E-state index contributed by atoms with van der Waals surface area (Å²) in [5.74, 6) is 0.817. The Morgan fingerprint density at radius 1 is 1.10 bits per heavy atom. The summed E-state index contributed by atoms with van der Waals surface area (Å²) in [6, 6.07) is 1.74. The second-order valence-corrected chi connectivity index (χ2v) is 5.79. The van der Waals surface area contributed by atoms with Gasteiger partial charge in [0.1, 0.15) is 18.5 Å². The number of halogens is 2. The molecule has 6 nitrogen and oxygen atoms in total. The molecule has 0 aliphatic carbocycles. The van der Waals surface area contributed by atoms with Crippen LogP contribution in [0.15, 0.2) is 24.9 Å². The lowest BCUT2D eigenvalue weighted by Gasteiger charge is -2.35. The minimum absolute atomic E-state index is 0.565. The number of anilines is 1. The highest BCUT2D eigenvalue weighted by atomic mass is 35.5. The molecule has 0 saturated carbocycles. The van der Waals surface area contributed by atoms with Gasteiger partial charge in [-0.25, -0.2) is 9.97 Å². The minimum Gasteiger partial charge on any atom is -0.353 e. The standard InChI is InChI=1S/C13H16Cl2N6/c14-11-7-12(15)13(17-8-11)20-4-1-19(2-5-20)3-6-21-10-16-9-18-21/h7-10H,1-6H2. The third kappa shape index (κ3) is 3.64. The Balaban J connectivity index is 1.52. The van der Waals surface area contributed by atoms with Gasteiger partial charge in [0, 0.05) is 38.9 Å². The summed E-state index contributed by atoms with van der Waals surface area (Å²) in [6.45, 7) is 5.61. The van der Waals surface area contributed by atoms with E-state index in [9.17, 15) is 0 Å². The van der Waals surface area contributed by atoms with E-state index < -0.39 is 0 Å². The minimum atomic E-state index is 0.565. The first-order chi connectivity index (χ1) is 10.2. The summed E-state index contributed by atoms with van der Waals surface area (Å²) in [5.41, 5.74) is 0. The molecule has 8 heteroatoms. The Bertz CT molecular complexity index is 580. The van der Waals surface area contributed by atoms with Crippen LogP contribution in [0.3, 0.4) is 0 Å². The number of rotatable bonds is 4. The number of aromatic nitrogens is 4. The molecule has 2 aromatic rings. The van der Waals surface area contributed by atoms with Gasteiger partial charge in [0.25, 0.3) is 0 Å². The molecule has 3 heterocycles. The van der Waals surface area contributed by atoms with E-state index in [0.717, 1.165) is 45.1 Å². The van der Waals surface area contributed by atoms with Gasteiger partial charge < -0.3 is 4.90 Å². The Labute approximate surface area is 133 Å².